The molecule has 0 radical (unpaired) electrons. The average molecular weight is 258 g/mol. The van der Waals surface area contributed by atoms with Crippen LogP contribution in [0.2, 0.25) is 0 Å². The van der Waals surface area contributed by atoms with Crippen molar-refractivity contribution in [3.8, 4) is 0 Å². The number of nitrogens with zero attached hydrogens (tertiary/aromatic N) is 1. The first-order valence-corrected chi connectivity index (χ1v) is 6.72. The molecule has 1 N–H and O–H groups in total. The fourth-order valence-corrected chi connectivity index (χ4v) is 2.24. The highest BCUT2D eigenvalue weighted by molar-refractivity contribution is 5.81. The van der Waals surface area contributed by atoms with Crippen LogP contribution in [0.15, 0.2) is 0 Å². The number of carbonyl (C=O) groups is 1. The van der Waals surface area contributed by atoms with Gasteiger partial charge in [-0.3, -0.25) is 9.69 Å². The third-order valence-corrected chi connectivity index (χ3v) is 3.56. The van der Waals surface area contributed by atoms with E-state index < -0.39 is 0 Å². The second-order valence-corrected chi connectivity index (χ2v) is 4.78. The summed E-state index contributed by atoms with van der Waals surface area (Å²) in [6.07, 6.45) is 3.24. The summed E-state index contributed by atoms with van der Waals surface area (Å²) in [4.78, 5) is 14.2. The van der Waals surface area contributed by atoms with Crippen molar-refractivity contribution in [2.45, 2.75) is 38.3 Å². The van der Waals surface area contributed by atoms with Gasteiger partial charge in [0, 0.05) is 40.5 Å². The summed E-state index contributed by atoms with van der Waals surface area (Å²) in [5.41, 5.74) is 0. The predicted molar refractivity (Wildman–Crippen MR) is 70.6 cm³/mol. The number of hydrogen-bond donors (Lipinski definition) is 1. The molecule has 0 bridgehead atoms. The standard InChI is InChI=1S/C13H26N2O3/c1-11(13(16)14-7-4-10-17-2)15-8-5-12(18-3)6-9-15/h11-12H,4-10H2,1-3H3,(H,14,16). The molecule has 1 unspecified atom stereocenters. The maximum Gasteiger partial charge on any atom is 0.237 e. The Bertz CT molecular complexity index is 240. The van der Waals surface area contributed by atoms with Crippen LogP contribution in [0.4, 0.5) is 0 Å². The lowest BCUT2D eigenvalue weighted by molar-refractivity contribution is -0.126. The molecular formula is C13H26N2O3. The second-order valence-electron chi connectivity index (χ2n) is 4.78. The Hall–Kier alpha value is -0.650. The van der Waals surface area contributed by atoms with Gasteiger partial charge in [0.25, 0.3) is 0 Å². The van der Waals surface area contributed by atoms with Crippen molar-refractivity contribution in [3.05, 3.63) is 0 Å². The van der Waals surface area contributed by atoms with Gasteiger partial charge in [-0.1, -0.05) is 0 Å². The quantitative estimate of drug-likeness (QED) is 0.681. The summed E-state index contributed by atoms with van der Waals surface area (Å²) >= 11 is 0. The number of carbonyl (C=O) groups excluding carboxylic acids is 1. The van der Waals surface area contributed by atoms with Gasteiger partial charge in [-0.2, -0.15) is 0 Å². The molecule has 18 heavy (non-hydrogen) atoms. The Morgan fingerprint density at radius 1 is 1.39 bits per heavy atom. The zero-order chi connectivity index (χ0) is 13.4. The van der Waals surface area contributed by atoms with Crippen LogP contribution < -0.4 is 5.32 Å². The van der Waals surface area contributed by atoms with Gasteiger partial charge in [0.2, 0.25) is 5.91 Å². The molecule has 0 saturated carbocycles. The second kappa shape index (κ2) is 8.45. The number of piperidine rings is 1. The Labute approximate surface area is 110 Å². The van der Waals surface area contributed by atoms with E-state index in [4.69, 9.17) is 9.47 Å². The van der Waals surface area contributed by atoms with Crippen LogP contribution in [0.25, 0.3) is 0 Å². The first kappa shape index (κ1) is 15.4. The molecule has 0 aliphatic carbocycles. The molecule has 5 heteroatoms. The monoisotopic (exact) mass is 258 g/mol. The zero-order valence-electron chi connectivity index (χ0n) is 11.8. The van der Waals surface area contributed by atoms with Crippen molar-refractivity contribution < 1.29 is 14.3 Å². The fourth-order valence-electron chi connectivity index (χ4n) is 2.24. The third-order valence-electron chi connectivity index (χ3n) is 3.56. The van der Waals surface area contributed by atoms with Gasteiger partial charge >= 0.3 is 0 Å². The van der Waals surface area contributed by atoms with Gasteiger partial charge in [0.15, 0.2) is 0 Å². The number of ether oxygens (including phenoxy) is 2. The average Bonchev–Trinajstić information content (AvgIpc) is 2.42. The molecule has 1 amide bonds. The first-order valence-electron chi connectivity index (χ1n) is 6.72. The molecule has 106 valence electrons. The highest BCUT2D eigenvalue weighted by Gasteiger charge is 2.26. The minimum atomic E-state index is -0.0506. The molecule has 5 nitrogen and oxygen atoms in total. The lowest BCUT2D eigenvalue weighted by atomic mass is 10.1. The molecule has 0 aromatic heterocycles. The Morgan fingerprint density at radius 2 is 2.06 bits per heavy atom. The topological polar surface area (TPSA) is 50.8 Å². The maximum absolute atomic E-state index is 11.9. The van der Waals surface area contributed by atoms with Crippen LogP contribution in [0, 0.1) is 0 Å². The molecule has 1 aliphatic rings. The first-order chi connectivity index (χ1) is 8.69. The van der Waals surface area contributed by atoms with E-state index in [1.165, 1.54) is 0 Å². The van der Waals surface area contributed by atoms with Crippen molar-refractivity contribution >= 4 is 5.91 Å². The number of likely N-dealkylation sites (tertiary alicyclic amines) is 1. The summed E-state index contributed by atoms with van der Waals surface area (Å²) in [6.45, 7) is 5.22. The Morgan fingerprint density at radius 3 is 2.61 bits per heavy atom. The van der Waals surface area contributed by atoms with Crippen molar-refractivity contribution in [2.24, 2.45) is 0 Å². The van der Waals surface area contributed by atoms with Crippen LogP contribution in [0.3, 0.4) is 0 Å². The molecule has 1 heterocycles. The summed E-state index contributed by atoms with van der Waals surface area (Å²) in [5, 5.41) is 2.95. The molecule has 1 rings (SSSR count). The normalized spacial score (nSPS) is 19.7. The summed E-state index contributed by atoms with van der Waals surface area (Å²) in [6, 6.07) is -0.0506. The largest absolute Gasteiger partial charge is 0.385 e. The van der Waals surface area contributed by atoms with Crippen molar-refractivity contribution in [1.29, 1.82) is 0 Å². The van der Waals surface area contributed by atoms with E-state index in [1.807, 2.05) is 6.92 Å². The van der Waals surface area contributed by atoms with Crippen molar-refractivity contribution in [2.75, 3.05) is 40.5 Å². The third kappa shape index (κ3) is 4.92. The summed E-state index contributed by atoms with van der Waals surface area (Å²) in [5.74, 6) is 0.113. The van der Waals surface area contributed by atoms with Gasteiger partial charge in [-0.15, -0.1) is 0 Å². The van der Waals surface area contributed by atoms with Crippen LogP contribution in [0.5, 0.6) is 0 Å². The highest BCUT2D eigenvalue weighted by atomic mass is 16.5. The predicted octanol–water partition coefficient (Wildman–Crippen LogP) is 0.638. The van der Waals surface area contributed by atoms with E-state index >= 15 is 0 Å². The number of methoxy groups -OCH3 is 2. The van der Waals surface area contributed by atoms with E-state index in [1.54, 1.807) is 14.2 Å². The van der Waals surface area contributed by atoms with E-state index in [-0.39, 0.29) is 11.9 Å². The molecule has 0 aromatic carbocycles. The minimum absolute atomic E-state index is 0.0506. The van der Waals surface area contributed by atoms with Crippen LogP contribution >= 0.6 is 0 Å². The SMILES string of the molecule is COCCCNC(=O)C(C)N1CCC(OC)CC1. The van der Waals surface area contributed by atoms with Crippen molar-refractivity contribution in [3.63, 3.8) is 0 Å². The molecule has 0 spiro atoms. The molecule has 1 fully saturated rings. The van der Waals surface area contributed by atoms with E-state index in [0.717, 1.165) is 32.4 Å². The van der Waals surface area contributed by atoms with Gasteiger partial charge in [-0.05, 0) is 26.2 Å². The Balaban J connectivity index is 2.22. The van der Waals surface area contributed by atoms with Crippen LogP contribution in [-0.4, -0.2) is 63.4 Å². The minimum Gasteiger partial charge on any atom is -0.385 e. The number of nitrogens with one attached hydrogen (secondary N) is 1. The molecule has 1 saturated heterocycles. The van der Waals surface area contributed by atoms with Gasteiger partial charge < -0.3 is 14.8 Å². The van der Waals surface area contributed by atoms with E-state index in [0.29, 0.717) is 19.3 Å². The van der Waals surface area contributed by atoms with Crippen LogP contribution in [0.1, 0.15) is 26.2 Å². The van der Waals surface area contributed by atoms with E-state index in [2.05, 4.69) is 10.2 Å². The maximum atomic E-state index is 11.9. The lowest BCUT2D eigenvalue weighted by Gasteiger charge is -2.34. The van der Waals surface area contributed by atoms with Crippen molar-refractivity contribution in [1.82, 2.24) is 10.2 Å². The van der Waals surface area contributed by atoms with Gasteiger partial charge in [0.05, 0.1) is 12.1 Å². The Kier molecular flexibility index (Phi) is 7.23. The molecular weight excluding hydrogens is 232 g/mol. The zero-order valence-corrected chi connectivity index (χ0v) is 11.8. The van der Waals surface area contributed by atoms with Gasteiger partial charge in [0.1, 0.15) is 0 Å². The molecule has 1 atom stereocenters. The lowest BCUT2D eigenvalue weighted by Crippen LogP contribution is -2.49. The number of amides is 1. The number of rotatable bonds is 7. The molecule has 0 aromatic rings. The summed E-state index contributed by atoms with van der Waals surface area (Å²) < 4.78 is 10.3. The fraction of sp³-hybridized carbons (Fsp3) is 0.923. The van der Waals surface area contributed by atoms with Gasteiger partial charge in [-0.25, -0.2) is 0 Å². The molecule has 1 aliphatic heterocycles. The summed E-state index contributed by atoms with van der Waals surface area (Å²) in [7, 11) is 3.43. The van der Waals surface area contributed by atoms with E-state index in [9.17, 15) is 4.79 Å². The smallest absolute Gasteiger partial charge is 0.237 e. The highest BCUT2D eigenvalue weighted by Crippen LogP contribution is 2.15. The number of hydrogen-bond acceptors (Lipinski definition) is 4. The van der Waals surface area contributed by atoms with Crippen LogP contribution in [-0.2, 0) is 14.3 Å².